The van der Waals surface area contributed by atoms with E-state index >= 15 is 0 Å². The molecule has 0 aliphatic heterocycles. The highest BCUT2D eigenvalue weighted by Gasteiger charge is 2.10. The van der Waals surface area contributed by atoms with Gasteiger partial charge in [0, 0.05) is 30.1 Å². The van der Waals surface area contributed by atoms with Crippen LogP contribution in [-0.2, 0) is 13.1 Å². The van der Waals surface area contributed by atoms with Gasteiger partial charge in [0.2, 0.25) is 0 Å². The van der Waals surface area contributed by atoms with Gasteiger partial charge >= 0.3 is 0 Å². The van der Waals surface area contributed by atoms with E-state index in [0.717, 1.165) is 41.9 Å². The van der Waals surface area contributed by atoms with Crippen molar-refractivity contribution in [2.24, 2.45) is 0 Å². The summed E-state index contributed by atoms with van der Waals surface area (Å²) in [6.45, 7) is 10.4. The predicted octanol–water partition coefficient (Wildman–Crippen LogP) is 4.34. The molecule has 2 aromatic carbocycles. The van der Waals surface area contributed by atoms with E-state index in [1.807, 2.05) is 37.3 Å². The number of nitrogens with zero attached hydrogens (tertiary/aromatic N) is 1. The number of ether oxygens (including phenoxy) is 1. The lowest BCUT2D eigenvalue weighted by molar-refractivity contribution is 0.0946. The number of hydrogen-bond donors (Lipinski definition) is 2. The monoisotopic (exact) mass is 379 g/mol. The Balaban J connectivity index is 1.64. The van der Waals surface area contributed by atoms with Crippen LogP contribution in [0.3, 0.4) is 0 Å². The van der Waals surface area contributed by atoms with Gasteiger partial charge in [0.15, 0.2) is 0 Å². The predicted molar refractivity (Wildman–Crippen MR) is 114 cm³/mol. The minimum absolute atomic E-state index is 0.108. The second-order valence-electron chi connectivity index (χ2n) is 6.83. The number of aromatic amines is 1. The molecule has 0 bridgehead atoms. The van der Waals surface area contributed by atoms with Crippen molar-refractivity contribution in [3.05, 3.63) is 65.4 Å². The van der Waals surface area contributed by atoms with E-state index in [9.17, 15) is 4.79 Å². The standard InChI is InChI=1S/C23H29N3O2/c1-4-26(5-2)16-18-9-7-8-17(12-18)15-24-23(27)22-13-19-10-11-20(28-6-3)14-21(19)25-22/h7-14,25H,4-6,15-16H2,1-3H3,(H,24,27). The Kier molecular flexibility index (Phi) is 6.71. The summed E-state index contributed by atoms with van der Waals surface area (Å²) in [5.41, 5.74) is 3.83. The van der Waals surface area contributed by atoms with Gasteiger partial charge in [0.05, 0.1) is 6.61 Å². The first-order chi connectivity index (χ1) is 13.6. The topological polar surface area (TPSA) is 57.4 Å². The summed E-state index contributed by atoms with van der Waals surface area (Å²) < 4.78 is 5.52. The quantitative estimate of drug-likeness (QED) is 0.581. The maximum Gasteiger partial charge on any atom is 0.267 e. The maximum absolute atomic E-state index is 12.6. The van der Waals surface area contributed by atoms with E-state index in [-0.39, 0.29) is 5.91 Å². The molecule has 3 rings (SSSR count). The molecule has 0 spiro atoms. The number of nitrogens with one attached hydrogen (secondary N) is 2. The van der Waals surface area contributed by atoms with Gasteiger partial charge in [-0.2, -0.15) is 0 Å². The fourth-order valence-electron chi connectivity index (χ4n) is 3.31. The molecule has 0 saturated carbocycles. The molecule has 0 atom stereocenters. The van der Waals surface area contributed by atoms with Crippen LogP contribution in [0.25, 0.3) is 10.9 Å². The first-order valence-corrected chi connectivity index (χ1v) is 9.96. The van der Waals surface area contributed by atoms with Gasteiger partial charge in [0.25, 0.3) is 5.91 Å². The lowest BCUT2D eigenvalue weighted by Gasteiger charge is -2.18. The van der Waals surface area contributed by atoms with Crippen molar-refractivity contribution in [2.45, 2.75) is 33.9 Å². The van der Waals surface area contributed by atoms with E-state index in [1.165, 1.54) is 5.56 Å². The minimum atomic E-state index is -0.108. The molecular formula is C23H29N3O2. The molecule has 0 aliphatic rings. The van der Waals surface area contributed by atoms with Crippen LogP contribution >= 0.6 is 0 Å². The van der Waals surface area contributed by atoms with Crippen LogP contribution in [0.1, 0.15) is 42.4 Å². The Labute approximate surface area is 166 Å². The van der Waals surface area contributed by atoms with Crippen molar-refractivity contribution in [1.82, 2.24) is 15.2 Å². The van der Waals surface area contributed by atoms with Crippen LogP contribution in [0.5, 0.6) is 5.75 Å². The molecule has 0 fully saturated rings. The number of fused-ring (bicyclic) bond motifs is 1. The summed E-state index contributed by atoms with van der Waals surface area (Å²) in [4.78, 5) is 18.1. The van der Waals surface area contributed by atoms with Crippen LogP contribution in [0.15, 0.2) is 48.5 Å². The molecule has 5 heteroatoms. The summed E-state index contributed by atoms with van der Waals surface area (Å²) in [6, 6.07) is 16.1. The fraction of sp³-hybridized carbons (Fsp3) is 0.348. The highest BCUT2D eigenvalue weighted by molar-refractivity contribution is 5.98. The molecule has 1 aromatic heterocycles. The second-order valence-corrected chi connectivity index (χ2v) is 6.83. The van der Waals surface area contributed by atoms with Crippen LogP contribution in [-0.4, -0.2) is 35.5 Å². The molecule has 0 saturated heterocycles. The molecular weight excluding hydrogens is 350 g/mol. The summed E-state index contributed by atoms with van der Waals surface area (Å²) in [7, 11) is 0. The summed E-state index contributed by atoms with van der Waals surface area (Å²) in [6.07, 6.45) is 0. The van der Waals surface area contributed by atoms with E-state index < -0.39 is 0 Å². The van der Waals surface area contributed by atoms with Crippen LogP contribution < -0.4 is 10.1 Å². The Morgan fingerprint density at radius 3 is 2.57 bits per heavy atom. The number of aromatic nitrogens is 1. The van der Waals surface area contributed by atoms with E-state index in [0.29, 0.717) is 18.8 Å². The largest absolute Gasteiger partial charge is 0.494 e. The third-order valence-corrected chi connectivity index (χ3v) is 4.89. The molecule has 0 radical (unpaired) electrons. The second kappa shape index (κ2) is 9.42. The number of benzene rings is 2. The average molecular weight is 380 g/mol. The molecule has 28 heavy (non-hydrogen) atoms. The molecule has 0 unspecified atom stereocenters. The zero-order chi connectivity index (χ0) is 19.9. The Bertz CT molecular complexity index is 928. The Morgan fingerprint density at radius 2 is 1.82 bits per heavy atom. The van der Waals surface area contributed by atoms with Crippen molar-refractivity contribution in [3.8, 4) is 5.75 Å². The van der Waals surface area contributed by atoms with Gasteiger partial charge in [-0.05, 0) is 49.3 Å². The molecule has 148 valence electrons. The highest BCUT2D eigenvalue weighted by atomic mass is 16.5. The zero-order valence-corrected chi connectivity index (χ0v) is 16.9. The van der Waals surface area contributed by atoms with Gasteiger partial charge in [-0.25, -0.2) is 0 Å². The van der Waals surface area contributed by atoms with Crippen LogP contribution in [0, 0.1) is 0 Å². The average Bonchev–Trinajstić information content (AvgIpc) is 3.14. The molecule has 2 N–H and O–H groups in total. The smallest absolute Gasteiger partial charge is 0.267 e. The molecule has 3 aromatic rings. The Hall–Kier alpha value is -2.79. The lowest BCUT2D eigenvalue weighted by atomic mass is 10.1. The van der Waals surface area contributed by atoms with Crippen LogP contribution in [0.2, 0.25) is 0 Å². The molecule has 0 aliphatic carbocycles. The number of carbonyl (C=O) groups excluding carboxylic acids is 1. The number of rotatable bonds is 9. The fourth-order valence-corrected chi connectivity index (χ4v) is 3.31. The van der Waals surface area contributed by atoms with Crippen molar-refractivity contribution >= 4 is 16.8 Å². The lowest BCUT2D eigenvalue weighted by Crippen LogP contribution is -2.24. The van der Waals surface area contributed by atoms with E-state index in [4.69, 9.17) is 4.74 Å². The maximum atomic E-state index is 12.6. The van der Waals surface area contributed by atoms with E-state index in [1.54, 1.807) is 0 Å². The first kappa shape index (κ1) is 20.0. The van der Waals surface area contributed by atoms with Crippen molar-refractivity contribution in [3.63, 3.8) is 0 Å². The highest BCUT2D eigenvalue weighted by Crippen LogP contribution is 2.21. The normalized spacial score (nSPS) is 11.1. The third-order valence-electron chi connectivity index (χ3n) is 4.89. The minimum Gasteiger partial charge on any atom is -0.494 e. The van der Waals surface area contributed by atoms with Gasteiger partial charge in [-0.15, -0.1) is 0 Å². The van der Waals surface area contributed by atoms with Gasteiger partial charge < -0.3 is 15.0 Å². The summed E-state index contributed by atoms with van der Waals surface area (Å²) in [5.74, 6) is 0.692. The molecule has 1 heterocycles. The first-order valence-electron chi connectivity index (χ1n) is 9.96. The Morgan fingerprint density at radius 1 is 1.04 bits per heavy atom. The van der Waals surface area contributed by atoms with Crippen molar-refractivity contribution in [2.75, 3.05) is 19.7 Å². The number of hydrogen-bond acceptors (Lipinski definition) is 3. The number of carbonyl (C=O) groups is 1. The van der Waals surface area contributed by atoms with Gasteiger partial charge in [0.1, 0.15) is 11.4 Å². The van der Waals surface area contributed by atoms with Crippen molar-refractivity contribution < 1.29 is 9.53 Å². The van der Waals surface area contributed by atoms with Gasteiger partial charge in [-0.1, -0.05) is 38.1 Å². The number of amides is 1. The summed E-state index contributed by atoms with van der Waals surface area (Å²) >= 11 is 0. The van der Waals surface area contributed by atoms with Crippen molar-refractivity contribution in [1.29, 1.82) is 0 Å². The van der Waals surface area contributed by atoms with Gasteiger partial charge in [-0.3, -0.25) is 9.69 Å². The number of H-pyrrole nitrogens is 1. The third kappa shape index (κ3) is 4.93. The summed E-state index contributed by atoms with van der Waals surface area (Å²) in [5, 5.41) is 4.00. The van der Waals surface area contributed by atoms with Crippen LogP contribution in [0.4, 0.5) is 0 Å². The zero-order valence-electron chi connectivity index (χ0n) is 16.9. The molecule has 1 amide bonds. The van der Waals surface area contributed by atoms with E-state index in [2.05, 4.69) is 47.2 Å². The molecule has 5 nitrogen and oxygen atoms in total. The SMILES string of the molecule is CCOc1ccc2cc(C(=O)NCc3cccc(CN(CC)CC)c3)[nH]c2c1.